The molecule has 0 unspecified atom stereocenters. The number of rotatable bonds is 2. The van der Waals surface area contributed by atoms with E-state index >= 15 is 0 Å². The van der Waals surface area contributed by atoms with E-state index in [9.17, 15) is 0 Å². The first-order chi connectivity index (χ1) is 9.65. The molecule has 0 bridgehead atoms. The summed E-state index contributed by atoms with van der Waals surface area (Å²) in [5.74, 6) is 0.956. The SMILES string of the molecule is Cc1ccccc1-c1nnc(N=C2N(C)CCN2C)s1.Cl. The topological polar surface area (TPSA) is 44.6 Å². The van der Waals surface area contributed by atoms with Crippen LogP contribution in [0.2, 0.25) is 0 Å². The molecule has 2 heterocycles. The van der Waals surface area contributed by atoms with E-state index in [1.807, 2.05) is 26.2 Å². The van der Waals surface area contributed by atoms with Gasteiger partial charge in [0.1, 0.15) is 5.01 Å². The van der Waals surface area contributed by atoms with Crippen LogP contribution < -0.4 is 0 Å². The minimum absolute atomic E-state index is 0. The number of hydrogen-bond donors (Lipinski definition) is 0. The normalized spacial score (nSPS) is 14.3. The van der Waals surface area contributed by atoms with Crippen molar-refractivity contribution in [3.05, 3.63) is 29.8 Å². The lowest BCUT2D eigenvalue weighted by atomic mass is 10.1. The highest BCUT2D eigenvalue weighted by Gasteiger charge is 2.20. The molecular weight excluding hydrogens is 306 g/mol. The Morgan fingerprint density at radius 1 is 1.10 bits per heavy atom. The molecule has 1 aromatic heterocycles. The van der Waals surface area contributed by atoms with Crippen molar-refractivity contribution in [2.45, 2.75) is 6.92 Å². The van der Waals surface area contributed by atoms with Gasteiger partial charge in [0.05, 0.1) is 0 Å². The van der Waals surface area contributed by atoms with Crippen LogP contribution in [0.4, 0.5) is 5.13 Å². The van der Waals surface area contributed by atoms with Crippen LogP contribution in [0.5, 0.6) is 0 Å². The second kappa shape index (κ2) is 6.41. The summed E-state index contributed by atoms with van der Waals surface area (Å²) in [6.45, 7) is 4.08. The first-order valence-corrected chi connectivity index (χ1v) is 7.37. The van der Waals surface area contributed by atoms with E-state index < -0.39 is 0 Å². The summed E-state index contributed by atoms with van der Waals surface area (Å²) in [4.78, 5) is 8.88. The Morgan fingerprint density at radius 2 is 1.76 bits per heavy atom. The highest BCUT2D eigenvalue weighted by Crippen LogP contribution is 2.30. The number of benzene rings is 1. The van der Waals surface area contributed by atoms with Gasteiger partial charge in [-0.3, -0.25) is 0 Å². The van der Waals surface area contributed by atoms with Crippen LogP contribution in [0.3, 0.4) is 0 Å². The van der Waals surface area contributed by atoms with Gasteiger partial charge in [-0.15, -0.1) is 22.6 Å². The van der Waals surface area contributed by atoms with Crippen LogP contribution in [-0.4, -0.2) is 53.1 Å². The van der Waals surface area contributed by atoms with Crippen LogP contribution in [0.1, 0.15) is 5.56 Å². The fraction of sp³-hybridized carbons (Fsp3) is 0.357. The number of likely N-dealkylation sites (N-methyl/N-ethyl adjacent to an activating group) is 2. The van der Waals surface area contributed by atoms with Gasteiger partial charge in [-0.25, -0.2) is 0 Å². The van der Waals surface area contributed by atoms with Gasteiger partial charge < -0.3 is 9.80 Å². The molecule has 0 amide bonds. The molecule has 0 saturated carbocycles. The van der Waals surface area contributed by atoms with Crippen molar-refractivity contribution in [3.63, 3.8) is 0 Å². The summed E-state index contributed by atoms with van der Waals surface area (Å²) in [6, 6.07) is 8.21. The molecule has 0 radical (unpaired) electrons. The standard InChI is InChI=1S/C14H17N5S.ClH/c1-10-6-4-5-7-11(10)12-16-17-13(20-12)15-14-18(2)8-9-19(14)3;/h4-7H,8-9H2,1-3H3;1H. The fourth-order valence-electron chi connectivity index (χ4n) is 2.23. The fourth-order valence-corrected chi connectivity index (χ4v) is 3.03. The van der Waals surface area contributed by atoms with Gasteiger partial charge in [0.2, 0.25) is 11.1 Å². The summed E-state index contributed by atoms with van der Waals surface area (Å²) in [5, 5.41) is 10.1. The van der Waals surface area contributed by atoms with E-state index in [-0.39, 0.29) is 12.4 Å². The maximum atomic E-state index is 4.61. The predicted molar refractivity (Wildman–Crippen MR) is 89.7 cm³/mol. The lowest BCUT2D eigenvalue weighted by Gasteiger charge is -2.14. The number of aliphatic imine (C=N–C) groups is 1. The smallest absolute Gasteiger partial charge is 0.235 e. The molecule has 2 aromatic rings. The zero-order valence-corrected chi connectivity index (χ0v) is 13.9. The van der Waals surface area contributed by atoms with Crippen molar-refractivity contribution in [3.8, 4) is 10.6 Å². The molecule has 5 nitrogen and oxygen atoms in total. The van der Waals surface area contributed by atoms with Crippen LogP contribution in [0.25, 0.3) is 10.6 Å². The molecule has 21 heavy (non-hydrogen) atoms. The minimum Gasteiger partial charge on any atom is -0.344 e. The Labute approximate surface area is 134 Å². The van der Waals surface area contributed by atoms with E-state index in [2.05, 4.69) is 44.0 Å². The van der Waals surface area contributed by atoms with Crippen molar-refractivity contribution in [2.24, 2.45) is 4.99 Å². The molecule has 7 heteroatoms. The Bertz CT molecular complexity index is 642. The minimum atomic E-state index is 0. The molecule has 1 aliphatic heterocycles. The Morgan fingerprint density at radius 3 is 2.43 bits per heavy atom. The molecular formula is C14H18ClN5S. The van der Waals surface area contributed by atoms with Gasteiger partial charge in [0.25, 0.3) is 0 Å². The monoisotopic (exact) mass is 323 g/mol. The first kappa shape index (κ1) is 15.7. The van der Waals surface area contributed by atoms with Crippen LogP contribution >= 0.6 is 23.7 Å². The summed E-state index contributed by atoms with van der Waals surface area (Å²) in [6.07, 6.45) is 0. The molecule has 0 spiro atoms. The average molecular weight is 324 g/mol. The van der Waals surface area contributed by atoms with E-state index in [1.54, 1.807) is 0 Å². The third-order valence-corrected chi connectivity index (χ3v) is 4.29. The van der Waals surface area contributed by atoms with E-state index in [0.29, 0.717) is 5.13 Å². The van der Waals surface area contributed by atoms with E-state index in [0.717, 1.165) is 29.6 Å². The van der Waals surface area contributed by atoms with E-state index in [1.165, 1.54) is 16.9 Å². The van der Waals surface area contributed by atoms with Crippen molar-refractivity contribution in [1.29, 1.82) is 0 Å². The first-order valence-electron chi connectivity index (χ1n) is 6.55. The van der Waals surface area contributed by atoms with Gasteiger partial charge in [0, 0.05) is 32.7 Å². The van der Waals surface area contributed by atoms with Gasteiger partial charge >= 0.3 is 0 Å². The van der Waals surface area contributed by atoms with Crippen molar-refractivity contribution < 1.29 is 0 Å². The number of nitrogens with zero attached hydrogens (tertiary/aromatic N) is 5. The molecule has 1 fully saturated rings. The number of halogens is 1. The van der Waals surface area contributed by atoms with Gasteiger partial charge in [-0.2, -0.15) is 4.99 Å². The second-order valence-corrected chi connectivity index (χ2v) is 5.92. The molecule has 1 saturated heterocycles. The highest BCUT2D eigenvalue weighted by molar-refractivity contribution is 7.18. The average Bonchev–Trinajstić information content (AvgIpc) is 3.02. The molecule has 1 aliphatic rings. The summed E-state index contributed by atoms with van der Waals surface area (Å²) >= 11 is 1.53. The maximum Gasteiger partial charge on any atom is 0.235 e. The van der Waals surface area contributed by atoms with Crippen molar-refractivity contribution >= 4 is 34.8 Å². The quantitative estimate of drug-likeness (QED) is 0.852. The lowest BCUT2D eigenvalue weighted by molar-refractivity contribution is 0.553. The predicted octanol–water partition coefficient (Wildman–Crippen LogP) is 2.80. The highest BCUT2D eigenvalue weighted by atomic mass is 35.5. The molecule has 0 aliphatic carbocycles. The van der Waals surface area contributed by atoms with Gasteiger partial charge in [0.15, 0.2) is 0 Å². The second-order valence-electron chi connectivity index (χ2n) is 4.96. The third-order valence-electron chi connectivity index (χ3n) is 3.44. The molecule has 0 N–H and O–H groups in total. The van der Waals surface area contributed by atoms with Crippen LogP contribution in [-0.2, 0) is 0 Å². The summed E-state index contributed by atoms with van der Waals surface area (Å²) in [5.41, 5.74) is 2.34. The maximum absolute atomic E-state index is 4.61. The number of aromatic nitrogens is 2. The number of guanidine groups is 1. The third kappa shape index (κ3) is 3.16. The summed E-state index contributed by atoms with van der Waals surface area (Å²) in [7, 11) is 4.09. The van der Waals surface area contributed by atoms with Gasteiger partial charge in [-0.1, -0.05) is 35.6 Å². The summed E-state index contributed by atoms with van der Waals surface area (Å²) < 4.78 is 0. The van der Waals surface area contributed by atoms with Crippen molar-refractivity contribution in [1.82, 2.24) is 20.0 Å². The molecule has 1 aromatic carbocycles. The lowest BCUT2D eigenvalue weighted by Crippen LogP contribution is -2.27. The molecule has 0 atom stereocenters. The molecule has 112 valence electrons. The largest absolute Gasteiger partial charge is 0.344 e. The Hall–Kier alpha value is -1.66. The molecule has 3 rings (SSSR count). The Kier molecular flexibility index (Phi) is 4.80. The zero-order chi connectivity index (χ0) is 14.1. The van der Waals surface area contributed by atoms with Gasteiger partial charge in [-0.05, 0) is 12.5 Å². The van der Waals surface area contributed by atoms with Crippen LogP contribution in [0.15, 0.2) is 29.3 Å². The Balaban J connectivity index is 0.00000161. The van der Waals surface area contributed by atoms with Crippen molar-refractivity contribution in [2.75, 3.05) is 27.2 Å². The van der Waals surface area contributed by atoms with Crippen LogP contribution in [0, 0.1) is 6.92 Å². The van der Waals surface area contributed by atoms with E-state index in [4.69, 9.17) is 0 Å². The number of aryl methyl sites for hydroxylation is 1. The number of hydrogen-bond acceptors (Lipinski definition) is 4. The zero-order valence-electron chi connectivity index (χ0n) is 12.3.